The maximum atomic E-state index is 5.90. The lowest BCUT2D eigenvalue weighted by Gasteiger charge is -2.10. The second-order valence-electron chi connectivity index (χ2n) is 4.21. The average Bonchev–Trinajstić information content (AvgIpc) is 2.82. The van der Waals surface area contributed by atoms with Crippen LogP contribution in [0.1, 0.15) is 5.56 Å². The molecule has 0 unspecified atom stereocenters. The summed E-state index contributed by atoms with van der Waals surface area (Å²) in [5, 5.41) is 0. The number of hydrogen-bond donors (Lipinski definition) is 1. The molecule has 2 heterocycles. The normalized spacial score (nSPS) is 17.6. The van der Waals surface area contributed by atoms with Crippen LogP contribution in [0.4, 0.5) is 0 Å². The summed E-state index contributed by atoms with van der Waals surface area (Å²) in [5.74, 6) is 0.981. The van der Waals surface area contributed by atoms with E-state index in [1.807, 2.05) is 12.1 Å². The Labute approximate surface area is 100 Å². The summed E-state index contributed by atoms with van der Waals surface area (Å²) in [7, 11) is 0. The van der Waals surface area contributed by atoms with Crippen molar-refractivity contribution in [1.82, 2.24) is 4.98 Å². The van der Waals surface area contributed by atoms with E-state index in [-0.39, 0.29) is 6.10 Å². The van der Waals surface area contributed by atoms with Gasteiger partial charge in [-0.05, 0) is 23.3 Å². The van der Waals surface area contributed by atoms with E-state index in [0.29, 0.717) is 6.54 Å². The summed E-state index contributed by atoms with van der Waals surface area (Å²) in [6.07, 6.45) is 4.62. The number of aromatic nitrogens is 1. The molecule has 1 atom stereocenters. The van der Waals surface area contributed by atoms with Crippen LogP contribution in [0.15, 0.2) is 42.7 Å². The minimum absolute atomic E-state index is 0.119. The SMILES string of the molecule is NC[C@@H]1Cc2cccc(-c3ccncc3)c2O1. The van der Waals surface area contributed by atoms with Crippen molar-refractivity contribution in [1.29, 1.82) is 0 Å². The van der Waals surface area contributed by atoms with Gasteiger partial charge in [0.25, 0.3) is 0 Å². The second-order valence-corrected chi connectivity index (χ2v) is 4.21. The minimum atomic E-state index is 0.119. The molecule has 2 aromatic rings. The molecule has 0 amide bonds. The number of pyridine rings is 1. The van der Waals surface area contributed by atoms with Crippen molar-refractivity contribution >= 4 is 0 Å². The molecular weight excluding hydrogens is 212 g/mol. The Bertz CT molecular complexity index is 525. The second kappa shape index (κ2) is 4.18. The maximum Gasteiger partial charge on any atom is 0.130 e. The standard InChI is InChI=1S/C14H14N2O/c15-9-12-8-11-2-1-3-13(14(11)17-12)10-4-6-16-7-5-10/h1-7,12H,8-9,15H2/t12-/m0/s1. The molecule has 0 fully saturated rings. The molecule has 3 nitrogen and oxygen atoms in total. The number of para-hydroxylation sites is 1. The fourth-order valence-corrected chi connectivity index (χ4v) is 2.23. The molecule has 0 aliphatic carbocycles. The number of fused-ring (bicyclic) bond motifs is 1. The molecule has 3 rings (SSSR count). The topological polar surface area (TPSA) is 48.1 Å². The predicted octanol–water partition coefficient (Wildman–Crippen LogP) is 2.01. The van der Waals surface area contributed by atoms with Gasteiger partial charge in [0.05, 0.1) is 0 Å². The molecule has 1 aromatic heterocycles. The predicted molar refractivity (Wildman–Crippen MR) is 66.8 cm³/mol. The smallest absolute Gasteiger partial charge is 0.130 e. The summed E-state index contributed by atoms with van der Waals surface area (Å²) in [6, 6.07) is 10.2. The molecule has 86 valence electrons. The monoisotopic (exact) mass is 226 g/mol. The number of nitrogens with zero attached hydrogens (tertiary/aromatic N) is 1. The molecule has 1 aliphatic heterocycles. The molecule has 0 bridgehead atoms. The van der Waals surface area contributed by atoms with Gasteiger partial charge in [0.1, 0.15) is 11.9 Å². The van der Waals surface area contributed by atoms with Crippen molar-refractivity contribution in [3.05, 3.63) is 48.3 Å². The van der Waals surface area contributed by atoms with Gasteiger partial charge in [-0.25, -0.2) is 0 Å². The molecule has 2 N–H and O–H groups in total. The first-order valence-electron chi connectivity index (χ1n) is 5.77. The fourth-order valence-electron chi connectivity index (χ4n) is 2.23. The highest BCUT2D eigenvalue weighted by molar-refractivity contribution is 5.72. The highest BCUT2D eigenvalue weighted by Gasteiger charge is 2.24. The van der Waals surface area contributed by atoms with Crippen LogP contribution in [-0.2, 0) is 6.42 Å². The molecular formula is C14H14N2O. The van der Waals surface area contributed by atoms with E-state index >= 15 is 0 Å². The summed E-state index contributed by atoms with van der Waals surface area (Å²) in [6.45, 7) is 0.560. The Morgan fingerprint density at radius 2 is 2.06 bits per heavy atom. The fraction of sp³-hybridized carbons (Fsp3) is 0.214. The van der Waals surface area contributed by atoms with Gasteiger partial charge in [-0.1, -0.05) is 18.2 Å². The molecule has 0 radical (unpaired) electrons. The van der Waals surface area contributed by atoms with Gasteiger partial charge in [0.15, 0.2) is 0 Å². The van der Waals surface area contributed by atoms with E-state index < -0.39 is 0 Å². The summed E-state index contributed by atoms with van der Waals surface area (Å²) >= 11 is 0. The molecule has 17 heavy (non-hydrogen) atoms. The van der Waals surface area contributed by atoms with Crippen LogP contribution in [0.2, 0.25) is 0 Å². The van der Waals surface area contributed by atoms with Crippen LogP contribution in [0.25, 0.3) is 11.1 Å². The summed E-state index contributed by atoms with van der Waals surface area (Å²) in [4.78, 5) is 4.03. The van der Waals surface area contributed by atoms with Gasteiger partial charge in [0.2, 0.25) is 0 Å². The number of hydrogen-bond acceptors (Lipinski definition) is 3. The molecule has 1 aliphatic rings. The summed E-state index contributed by atoms with van der Waals surface area (Å²) in [5.41, 5.74) is 9.17. The van der Waals surface area contributed by atoms with E-state index in [0.717, 1.165) is 23.3 Å². The van der Waals surface area contributed by atoms with Gasteiger partial charge < -0.3 is 10.5 Å². The Balaban J connectivity index is 2.07. The third-order valence-electron chi connectivity index (χ3n) is 3.08. The third-order valence-corrected chi connectivity index (χ3v) is 3.08. The van der Waals surface area contributed by atoms with Crippen LogP contribution in [-0.4, -0.2) is 17.6 Å². The van der Waals surface area contributed by atoms with Crippen molar-refractivity contribution in [3.63, 3.8) is 0 Å². The lowest BCUT2D eigenvalue weighted by Crippen LogP contribution is -2.24. The van der Waals surface area contributed by atoms with Crippen LogP contribution in [0.3, 0.4) is 0 Å². The maximum absolute atomic E-state index is 5.90. The zero-order valence-corrected chi connectivity index (χ0v) is 9.47. The van der Waals surface area contributed by atoms with Crippen molar-refractivity contribution in [3.8, 4) is 16.9 Å². The Morgan fingerprint density at radius 3 is 2.82 bits per heavy atom. The van der Waals surface area contributed by atoms with E-state index in [1.54, 1.807) is 12.4 Å². The van der Waals surface area contributed by atoms with Crippen LogP contribution >= 0.6 is 0 Å². The number of ether oxygens (including phenoxy) is 1. The van der Waals surface area contributed by atoms with Gasteiger partial charge in [-0.3, -0.25) is 4.98 Å². The Hall–Kier alpha value is -1.87. The van der Waals surface area contributed by atoms with Crippen molar-refractivity contribution < 1.29 is 4.74 Å². The largest absolute Gasteiger partial charge is 0.488 e. The first-order chi connectivity index (χ1) is 8.38. The molecule has 1 aromatic carbocycles. The zero-order chi connectivity index (χ0) is 11.7. The number of benzene rings is 1. The Morgan fingerprint density at radius 1 is 1.24 bits per heavy atom. The average molecular weight is 226 g/mol. The lowest BCUT2D eigenvalue weighted by molar-refractivity contribution is 0.242. The van der Waals surface area contributed by atoms with Crippen LogP contribution < -0.4 is 10.5 Å². The van der Waals surface area contributed by atoms with E-state index in [4.69, 9.17) is 10.5 Å². The van der Waals surface area contributed by atoms with Gasteiger partial charge in [0, 0.05) is 30.9 Å². The van der Waals surface area contributed by atoms with Crippen molar-refractivity contribution in [2.45, 2.75) is 12.5 Å². The highest BCUT2D eigenvalue weighted by atomic mass is 16.5. The van der Waals surface area contributed by atoms with Gasteiger partial charge in [-0.15, -0.1) is 0 Å². The number of nitrogens with two attached hydrogens (primary N) is 1. The molecule has 0 spiro atoms. The van der Waals surface area contributed by atoms with Gasteiger partial charge in [-0.2, -0.15) is 0 Å². The minimum Gasteiger partial charge on any atom is -0.488 e. The molecule has 0 saturated heterocycles. The first-order valence-corrected chi connectivity index (χ1v) is 5.77. The highest BCUT2D eigenvalue weighted by Crippen LogP contribution is 2.38. The van der Waals surface area contributed by atoms with Crippen LogP contribution in [0, 0.1) is 0 Å². The quantitative estimate of drug-likeness (QED) is 0.852. The zero-order valence-electron chi connectivity index (χ0n) is 9.47. The van der Waals surface area contributed by atoms with Crippen molar-refractivity contribution in [2.24, 2.45) is 5.73 Å². The first kappa shape index (κ1) is 10.3. The van der Waals surface area contributed by atoms with Gasteiger partial charge >= 0.3 is 0 Å². The number of rotatable bonds is 2. The van der Waals surface area contributed by atoms with Crippen molar-refractivity contribution in [2.75, 3.05) is 6.54 Å². The van der Waals surface area contributed by atoms with E-state index in [1.165, 1.54) is 5.56 Å². The molecule has 0 saturated carbocycles. The lowest BCUT2D eigenvalue weighted by atomic mass is 10.0. The van der Waals surface area contributed by atoms with Crippen LogP contribution in [0.5, 0.6) is 5.75 Å². The third kappa shape index (κ3) is 1.78. The molecule has 3 heteroatoms. The summed E-state index contributed by atoms with van der Waals surface area (Å²) < 4.78 is 5.90. The van der Waals surface area contributed by atoms with E-state index in [2.05, 4.69) is 23.2 Å². The Kier molecular flexibility index (Phi) is 2.53. The van der Waals surface area contributed by atoms with E-state index in [9.17, 15) is 0 Å².